The molecular weight excluding hydrogens is 306 g/mol. The SMILES string of the molecule is C[C@H](Sc1ncnc2ccsc12)C(=O)NCc1ccco1. The molecule has 108 valence electrons. The molecule has 3 rings (SSSR count). The van der Waals surface area contributed by atoms with Crippen LogP contribution >= 0.6 is 23.1 Å². The molecule has 7 heteroatoms. The zero-order valence-electron chi connectivity index (χ0n) is 11.3. The summed E-state index contributed by atoms with van der Waals surface area (Å²) in [5, 5.41) is 5.44. The number of nitrogens with zero attached hydrogens (tertiary/aromatic N) is 2. The molecule has 0 saturated heterocycles. The molecule has 21 heavy (non-hydrogen) atoms. The molecule has 0 aliphatic rings. The fourth-order valence-electron chi connectivity index (χ4n) is 1.80. The summed E-state index contributed by atoms with van der Waals surface area (Å²) in [7, 11) is 0. The van der Waals surface area contributed by atoms with Crippen molar-refractivity contribution in [3.8, 4) is 0 Å². The molecule has 1 atom stereocenters. The molecule has 0 bridgehead atoms. The average Bonchev–Trinajstić information content (AvgIpc) is 3.16. The number of carbonyl (C=O) groups is 1. The van der Waals surface area contributed by atoms with Crippen molar-refractivity contribution in [1.82, 2.24) is 15.3 Å². The molecule has 1 N–H and O–H groups in total. The molecule has 1 amide bonds. The topological polar surface area (TPSA) is 68.0 Å². The highest BCUT2D eigenvalue weighted by molar-refractivity contribution is 8.00. The van der Waals surface area contributed by atoms with Crippen molar-refractivity contribution < 1.29 is 9.21 Å². The van der Waals surface area contributed by atoms with Gasteiger partial charge in [-0.15, -0.1) is 11.3 Å². The van der Waals surface area contributed by atoms with Crippen LogP contribution < -0.4 is 5.32 Å². The first-order chi connectivity index (χ1) is 10.2. The third-order valence-electron chi connectivity index (χ3n) is 2.89. The van der Waals surface area contributed by atoms with Crippen LogP contribution in [0.3, 0.4) is 0 Å². The van der Waals surface area contributed by atoms with Gasteiger partial charge in [-0.3, -0.25) is 4.79 Å². The number of thiophene rings is 1. The fourth-order valence-corrected chi connectivity index (χ4v) is 3.66. The van der Waals surface area contributed by atoms with E-state index >= 15 is 0 Å². The minimum Gasteiger partial charge on any atom is -0.467 e. The highest BCUT2D eigenvalue weighted by Gasteiger charge is 2.17. The Morgan fingerprint density at radius 3 is 3.19 bits per heavy atom. The van der Waals surface area contributed by atoms with E-state index in [1.54, 1.807) is 23.7 Å². The standard InChI is InChI=1S/C14H13N3O2S2/c1-9(13(18)15-7-10-3-2-5-19-10)21-14-12-11(4-6-20-12)16-8-17-14/h2-6,8-9H,7H2,1H3,(H,15,18)/t9-/m0/s1. The normalized spacial score (nSPS) is 12.4. The summed E-state index contributed by atoms with van der Waals surface area (Å²) in [6, 6.07) is 5.58. The quantitative estimate of drug-likeness (QED) is 0.578. The Balaban J connectivity index is 1.64. The number of carbonyl (C=O) groups excluding carboxylic acids is 1. The van der Waals surface area contributed by atoms with Crippen molar-refractivity contribution >= 4 is 39.2 Å². The van der Waals surface area contributed by atoms with Crippen molar-refractivity contribution in [1.29, 1.82) is 0 Å². The zero-order valence-corrected chi connectivity index (χ0v) is 12.9. The van der Waals surface area contributed by atoms with E-state index in [2.05, 4.69) is 15.3 Å². The Bertz CT molecular complexity index is 740. The van der Waals surface area contributed by atoms with Gasteiger partial charge in [-0.05, 0) is 30.5 Å². The molecule has 3 aromatic rings. The Morgan fingerprint density at radius 1 is 1.48 bits per heavy atom. The average molecular weight is 319 g/mol. The van der Waals surface area contributed by atoms with Gasteiger partial charge in [-0.25, -0.2) is 9.97 Å². The summed E-state index contributed by atoms with van der Waals surface area (Å²) in [5.74, 6) is 0.697. The number of hydrogen-bond donors (Lipinski definition) is 1. The van der Waals surface area contributed by atoms with Gasteiger partial charge in [0.25, 0.3) is 0 Å². The number of fused-ring (bicyclic) bond motifs is 1. The third kappa shape index (κ3) is 3.25. The molecule has 0 fully saturated rings. The van der Waals surface area contributed by atoms with E-state index in [0.717, 1.165) is 21.0 Å². The van der Waals surface area contributed by atoms with E-state index in [9.17, 15) is 4.79 Å². The Hall–Kier alpha value is -1.86. The molecule has 0 saturated carbocycles. The second-order valence-electron chi connectivity index (χ2n) is 4.37. The van der Waals surface area contributed by atoms with Gasteiger partial charge in [0.05, 0.1) is 28.3 Å². The first-order valence-electron chi connectivity index (χ1n) is 6.39. The second-order valence-corrected chi connectivity index (χ2v) is 6.62. The predicted molar refractivity (Wildman–Crippen MR) is 83.3 cm³/mol. The van der Waals surface area contributed by atoms with E-state index in [4.69, 9.17) is 4.42 Å². The van der Waals surface area contributed by atoms with Crippen LogP contribution in [0, 0.1) is 0 Å². The number of furan rings is 1. The van der Waals surface area contributed by atoms with Gasteiger partial charge in [0.2, 0.25) is 5.91 Å². The van der Waals surface area contributed by atoms with E-state index in [1.807, 2.05) is 24.4 Å². The predicted octanol–water partition coefficient (Wildman–Crippen LogP) is 3.08. The lowest BCUT2D eigenvalue weighted by Crippen LogP contribution is -2.30. The maximum absolute atomic E-state index is 12.1. The maximum atomic E-state index is 12.1. The summed E-state index contributed by atoms with van der Waals surface area (Å²) >= 11 is 3.03. The third-order valence-corrected chi connectivity index (χ3v) is 5.03. The van der Waals surface area contributed by atoms with Gasteiger partial charge in [0.1, 0.15) is 17.1 Å². The number of hydrogen-bond acceptors (Lipinski definition) is 6. The van der Waals surface area contributed by atoms with Gasteiger partial charge in [0.15, 0.2) is 0 Å². The van der Waals surface area contributed by atoms with Crippen molar-refractivity contribution in [2.45, 2.75) is 23.7 Å². The lowest BCUT2D eigenvalue weighted by molar-refractivity contribution is -0.120. The molecular formula is C14H13N3O2S2. The van der Waals surface area contributed by atoms with Gasteiger partial charge in [-0.1, -0.05) is 11.8 Å². The van der Waals surface area contributed by atoms with Crippen LogP contribution in [0.1, 0.15) is 12.7 Å². The van der Waals surface area contributed by atoms with E-state index in [0.29, 0.717) is 6.54 Å². The smallest absolute Gasteiger partial charge is 0.233 e. The molecule has 0 unspecified atom stereocenters. The van der Waals surface area contributed by atoms with Crippen molar-refractivity contribution in [3.05, 3.63) is 41.9 Å². The van der Waals surface area contributed by atoms with E-state index in [-0.39, 0.29) is 11.2 Å². The van der Waals surface area contributed by atoms with Crippen molar-refractivity contribution in [3.63, 3.8) is 0 Å². The summed E-state index contributed by atoms with van der Waals surface area (Å²) < 4.78 is 6.21. The number of thioether (sulfide) groups is 1. The Morgan fingerprint density at radius 2 is 2.38 bits per heavy atom. The molecule has 5 nitrogen and oxygen atoms in total. The number of rotatable bonds is 5. The van der Waals surface area contributed by atoms with Crippen LogP contribution in [0.25, 0.3) is 10.2 Å². The van der Waals surface area contributed by atoms with Gasteiger partial charge in [0, 0.05) is 0 Å². The molecule has 0 aromatic carbocycles. The molecule has 0 aliphatic heterocycles. The van der Waals surface area contributed by atoms with Crippen LogP contribution in [0.4, 0.5) is 0 Å². The van der Waals surface area contributed by atoms with Crippen LogP contribution in [-0.2, 0) is 11.3 Å². The first-order valence-corrected chi connectivity index (χ1v) is 8.15. The molecule has 0 spiro atoms. The van der Waals surface area contributed by atoms with Crippen LogP contribution in [0.15, 0.2) is 45.6 Å². The molecule has 0 aliphatic carbocycles. The van der Waals surface area contributed by atoms with Crippen molar-refractivity contribution in [2.75, 3.05) is 0 Å². The molecule has 3 heterocycles. The van der Waals surface area contributed by atoms with Gasteiger partial charge < -0.3 is 9.73 Å². The summed E-state index contributed by atoms with van der Waals surface area (Å²) in [6.45, 7) is 2.26. The first kappa shape index (κ1) is 14.1. The number of amides is 1. The van der Waals surface area contributed by atoms with Gasteiger partial charge >= 0.3 is 0 Å². The maximum Gasteiger partial charge on any atom is 0.233 e. The monoisotopic (exact) mass is 319 g/mol. The summed E-state index contributed by atoms with van der Waals surface area (Å²) in [6.07, 6.45) is 3.12. The summed E-state index contributed by atoms with van der Waals surface area (Å²) in [5.41, 5.74) is 0.917. The van der Waals surface area contributed by atoms with Crippen LogP contribution in [-0.4, -0.2) is 21.1 Å². The Kier molecular flexibility index (Phi) is 4.21. The lowest BCUT2D eigenvalue weighted by Gasteiger charge is -2.10. The number of nitrogens with one attached hydrogen (secondary N) is 1. The highest BCUT2D eigenvalue weighted by Crippen LogP contribution is 2.31. The fraction of sp³-hybridized carbons (Fsp3) is 0.214. The Labute approximate surface area is 129 Å². The minimum absolute atomic E-state index is 0.0419. The second kappa shape index (κ2) is 6.28. The number of aromatic nitrogens is 2. The van der Waals surface area contributed by atoms with Gasteiger partial charge in [-0.2, -0.15) is 0 Å². The van der Waals surface area contributed by atoms with Crippen LogP contribution in [0.2, 0.25) is 0 Å². The molecule has 0 radical (unpaired) electrons. The van der Waals surface area contributed by atoms with Crippen molar-refractivity contribution in [2.24, 2.45) is 0 Å². The van der Waals surface area contributed by atoms with E-state index in [1.165, 1.54) is 18.1 Å². The molecule has 3 aromatic heterocycles. The summed E-state index contributed by atoms with van der Waals surface area (Å²) in [4.78, 5) is 20.6. The zero-order chi connectivity index (χ0) is 14.7. The van der Waals surface area contributed by atoms with Crippen LogP contribution in [0.5, 0.6) is 0 Å². The lowest BCUT2D eigenvalue weighted by atomic mass is 10.4. The highest BCUT2D eigenvalue weighted by atomic mass is 32.2. The minimum atomic E-state index is -0.236. The van der Waals surface area contributed by atoms with E-state index < -0.39 is 0 Å². The largest absolute Gasteiger partial charge is 0.467 e.